The molecule has 0 N–H and O–H groups in total. The number of rotatable bonds is 1. The summed E-state index contributed by atoms with van der Waals surface area (Å²) in [5.74, 6) is 1.62. The van der Waals surface area contributed by atoms with Crippen molar-refractivity contribution in [1.29, 1.82) is 5.26 Å². The van der Waals surface area contributed by atoms with Gasteiger partial charge in [-0.1, -0.05) is 20.8 Å². The fourth-order valence-electron chi connectivity index (χ4n) is 2.69. The summed E-state index contributed by atoms with van der Waals surface area (Å²) in [6, 6.07) is 5.90. The molecule has 3 nitrogen and oxygen atoms in total. The van der Waals surface area contributed by atoms with E-state index < -0.39 is 0 Å². The highest BCUT2D eigenvalue weighted by Crippen LogP contribution is 2.35. The van der Waals surface area contributed by atoms with Gasteiger partial charge in [-0.3, -0.25) is 0 Å². The van der Waals surface area contributed by atoms with E-state index in [1.165, 1.54) is 12.8 Å². The van der Waals surface area contributed by atoms with Gasteiger partial charge in [0.25, 0.3) is 0 Å². The maximum Gasteiger partial charge on any atom is 0.146 e. The fraction of sp³-hybridized carbons (Fsp3) is 0.600. The molecule has 0 amide bonds. The Hall–Kier alpha value is -1.56. The molecule has 96 valence electrons. The predicted octanol–water partition coefficient (Wildman–Crippen LogP) is 3.22. The summed E-state index contributed by atoms with van der Waals surface area (Å²) in [5.41, 5.74) is 1.07. The molecule has 1 aromatic heterocycles. The largest absolute Gasteiger partial charge is 0.356 e. The first-order valence-corrected chi connectivity index (χ1v) is 6.62. The van der Waals surface area contributed by atoms with Gasteiger partial charge in [-0.25, -0.2) is 4.98 Å². The van der Waals surface area contributed by atoms with Gasteiger partial charge in [0.15, 0.2) is 0 Å². The van der Waals surface area contributed by atoms with E-state index in [0.29, 0.717) is 11.0 Å². The molecule has 1 saturated heterocycles. The van der Waals surface area contributed by atoms with Crippen LogP contribution in [0.3, 0.4) is 0 Å². The van der Waals surface area contributed by atoms with Gasteiger partial charge in [0.2, 0.25) is 0 Å². The van der Waals surface area contributed by atoms with Crippen molar-refractivity contribution in [3.63, 3.8) is 0 Å². The lowest BCUT2D eigenvalue weighted by molar-refractivity contribution is 0.198. The number of hydrogen-bond donors (Lipinski definition) is 0. The summed E-state index contributed by atoms with van der Waals surface area (Å²) in [6.07, 6.45) is 4.14. The minimum atomic E-state index is 0.383. The zero-order valence-corrected chi connectivity index (χ0v) is 11.5. The standard InChI is InChI=1S/C15H21N3/c1-15(2,3)13-6-9-18(10-7-13)14-12(11-16)5-4-8-17-14/h4-5,8,13H,6-7,9-10H2,1-3H3. The molecule has 1 aliphatic heterocycles. The maximum absolute atomic E-state index is 9.11. The lowest BCUT2D eigenvalue weighted by atomic mass is 9.75. The van der Waals surface area contributed by atoms with Crippen LogP contribution in [0.4, 0.5) is 5.82 Å². The molecule has 1 fully saturated rings. The number of anilines is 1. The Labute approximate surface area is 109 Å². The predicted molar refractivity (Wildman–Crippen MR) is 73.3 cm³/mol. The van der Waals surface area contributed by atoms with Crippen molar-refractivity contribution in [3.05, 3.63) is 23.9 Å². The molecule has 0 aromatic carbocycles. The molecule has 18 heavy (non-hydrogen) atoms. The van der Waals surface area contributed by atoms with Crippen LogP contribution in [-0.4, -0.2) is 18.1 Å². The fourth-order valence-corrected chi connectivity index (χ4v) is 2.69. The van der Waals surface area contributed by atoms with Crippen LogP contribution >= 0.6 is 0 Å². The van der Waals surface area contributed by atoms with E-state index in [1.807, 2.05) is 12.1 Å². The number of piperidine rings is 1. The highest BCUT2D eigenvalue weighted by Gasteiger charge is 2.29. The monoisotopic (exact) mass is 243 g/mol. The summed E-state index contributed by atoms with van der Waals surface area (Å²) in [6.45, 7) is 8.96. The highest BCUT2D eigenvalue weighted by atomic mass is 15.2. The molecule has 0 aliphatic carbocycles. The third-order valence-electron chi connectivity index (χ3n) is 3.93. The summed E-state index contributed by atoms with van der Waals surface area (Å²) < 4.78 is 0. The normalized spacial score (nSPS) is 17.6. The summed E-state index contributed by atoms with van der Waals surface area (Å²) in [7, 11) is 0. The lowest BCUT2D eigenvalue weighted by Crippen LogP contribution is -2.38. The molecule has 2 heterocycles. The highest BCUT2D eigenvalue weighted by molar-refractivity contribution is 5.53. The summed E-state index contributed by atoms with van der Waals surface area (Å²) in [4.78, 5) is 6.61. The summed E-state index contributed by atoms with van der Waals surface area (Å²) in [5, 5.41) is 9.11. The smallest absolute Gasteiger partial charge is 0.146 e. The first kappa shape index (κ1) is 12.9. The molecule has 0 saturated carbocycles. The third kappa shape index (κ3) is 2.64. The van der Waals surface area contributed by atoms with Crippen molar-refractivity contribution >= 4 is 5.82 Å². The number of hydrogen-bond acceptors (Lipinski definition) is 3. The minimum Gasteiger partial charge on any atom is -0.356 e. The molecule has 0 unspecified atom stereocenters. The van der Waals surface area contributed by atoms with Crippen LogP contribution in [0, 0.1) is 22.7 Å². The second kappa shape index (κ2) is 4.97. The molecule has 0 radical (unpaired) electrons. The van der Waals surface area contributed by atoms with Crippen LogP contribution in [0.2, 0.25) is 0 Å². The minimum absolute atomic E-state index is 0.383. The molecule has 0 spiro atoms. The molecule has 1 aliphatic rings. The Balaban J connectivity index is 2.09. The third-order valence-corrected chi connectivity index (χ3v) is 3.93. The molecule has 0 bridgehead atoms. The molecular weight excluding hydrogens is 222 g/mol. The van der Waals surface area contributed by atoms with E-state index in [4.69, 9.17) is 5.26 Å². The second-order valence-electron chi connectivity index (χ2n) is 6.11. The van der Waals surface area contributed by atoms with Gasteiger partial charge < -0.3 is 4.90 Å². The van der Waals surface area contributed by atoms with Gasteiger partial charge in [-0.15, -0.1) is 0 Å². The first-order chi connectivity index (χ1) is 8.52. The Kier molecular flexibility index (Phi) is 3.56. The van der Waals surface area contributed by atoms with E-state index in [0.717, 1.165) is 24.8 Å². The number of nitrogens with zero attached hydrogens (tertiary/aromatic N) is 3. The van der Waals surface area contributed by atoms with Crippen LogP contribution in [0.5, 0.6) is 0 Å². The maximum atomic E-state index is 9.11. The lowest BCUT2D eigenvalue weighted by Gasteiger charge is -2.39. The Bertz CT molecular complexity index is 446. The topological polar surface area (TPSA) is 39.9 Å². The van der Waals surface area contributed by atoms with Gasteiger partial charge in [-0.05, 0) is 36.3 Å². The van der Waals surface area contributed by atoms with Crippen molar-refractivity contribution in [1.82, 2.24) is 4.98 Å². The van der Waals surface area contributed by atoms with Crippen LogP contribution < -0.4 is 4.90 Å². The number of aromatic nitrogens is 1. The SMILES string of the molecule is CC(C)(C)C1CCN(c2ncccc2C#N)CC1. The van der Waals surface area contributed by atoms with E-state index in [9.17, 15) is 0 Å². The Morgan fingerprint density at radius 3 is 2.56 bits per heavy atom. The van der Waals surface area contributed by atoms with E-state index in [-0.39, 0.29) is 0 Å². The molecule has 0 atom stereocenters. The van der Waals surface area contributed by atoms with Crippen molar-refractivity contribution in [2.24, 2.45) is 11.3 Å². The van der Waals surface area contributed by atoms with Gasteiger partial charge in [0, 0.05) is 19.3 Å². The van der Waals surface area contributed by atoms with E-state index in [1.54, 1.807) is 6.20 Å². The van der Waals surface area contributed by atoms with Crippen LogP contribution in [0.1, 0.15) is 39.2 Å². The second-order valence-corrected chi connectivity index (χ2v) is 6.11. The molecular formula is C15H21N3. The molecule has 3 heteroatoms. The van der Waals surface area contributed by atoms with E-state index in [2.05, 4.69) is 36.7 Å². The Morgan fingerprint density at radius 2 is 2.00 bits per heavy atom. The zero-order valence-electron chi connectivity index (χ0n) is 11.5. The van der Waals surface area contributed by atoms with Crippen LogP contribution in [-0.2, 0) is 0 Å². The van der Waals surface area contributed by atoms with Gasteiger partial charge in [0.05, 0.1) is 5.56 Å². The molecule has 2 rings (SSSR count). The van der Waals surface area contributed by atoms with Crippen molar-refractivity contribution in [2.45, 2.75) is 33.6 Å². The van der Waals surface area contributed by atoms with Crippen LogP contribution in [0.15, 0.2) is 18.3 Å². The van der Waals surface area contributed by atoms with Gasteiger partial charge in [0.1, 0.15) is 11.9 Å². The first-order valence-electron chi connectivity index (χ1n) is 6.62. The average Bonchev–Trinajstić information content (AvgIpc) is 2.38. The quantitative estimate of drug-likeness (QED) is 0.760. The number of pyridine rings is 1. The Morgan fingerprint density at radius 1 is 1.33 bits per heavy atom. The summed E-state index contributed by atoms with van der Waals surface area (Å²) >= 11 is 0. The van der Waals surface area contributed by atoms with E-state index >= 15 is 0 Å². The van der Waals surface area contributed by atoms with Crippen molar-refractivity contribution < 1.29 is 0 Å². The zero-order chi connectivity index (χ0) is 13.2. The van der Waals surface area contributed by atoms with Gasteiger partial charge in [-0.2, -0.15) is 5.26 Å². The molecule has 1 aromatic rings. The number of nitriles is 1. The van der Waals surface area contributed by atoms with Crippen LogP contribution in [0.25, 0.3) is 0 Å². The van der Waals surface area contributed by atoms with Crippen molar-refractivity contribution in [2.75, 3.05) is 18.0 Å². The van der Waals surface area contributed by atoms with Crippen molar-refractivity contribution in [3.8, 4) is 6.07 Å². The average molecular weight is 243 g/mol. The van der Waals surface area contributed by atoms with Gasteiger partial charge >= 0.3 is 0 Å².